The van der Waals surface area contributed by atoms with Crippen LogP contribution < -0.4 is 9.64 Å². The van der Waals surface area contributed by atoms with Gasteiger partial charge in [-0.25, -0.2) is 0 Å². The molecule has 1 aliphatic heterocycles. The van der Waals surface area contributed by atoms with Gasteiger partial charge in [0.2, 0.25) is 5.89 Å². The van der Waals surface area contributed by atoms with Crippen molar-refractivity contribution in [2.24, 2.45) is 0 Å². The van der Waals surface area contributed by atoms with Gasteiger partial charge in [-0.2, -0.15) is 13.8 Å². The minimum Gasteiger partial charge on any atom is -0.435 e. The first kappa shape index (κ1) is 14.4. The SMILES string of the molecule is FC(F)Oc1ccc2c(c1)CCCN2Cc1noc(C2CC2)n1. The van der Waals surface area contributed by atoms with Crippen LogP contribution in [0.25, 0.3) is 0 Å². The van der Waals surface area contributed by atoms with E-state index in [9.17, 15) is 8.78 Å². The maximum absolute atomic E-state index is 12.3. The van der Waals surface area contributed by atoms with Crippen LogP contribution in [0.1, 0.15) is 42.5 Å². The molecule has 4 rings (SSSR count). The summed E-state index contributed by atoms with van der Waals surface area (Å²) in [7, 11) is 0. The summed E-state index contributed by atoms with van der Waals surface area (Å²) >= 11 is 0. The van der Waals surface area contributed by atoms with Crippen molar-refractivity contribution >= 4 is 5.69 Å². The van der Waals surface area contributed by atoms with Crippen molar-refractivity contribution in [3.05, 3.63) is 35.5 Å². The Kier molecular flexibility index (Phi) is 3.63. The number of alkyl halides is 2. The molecule has 0 bridgehead atoms. The molecule has 0 amide bonds. The maximum atomic E-state index is 12.3. The number of halogens is 2. The fourth-order valence-electron chi connectivity index (χ4n) is 2.99. The number of nitrogens with zero attached hydrogens (tertiary/aromatic N) is 3. The van der Waals surface area contributed by atoms with Crippen LogP contribution in [0.3, 0.4) is 0 Å². The quantitative estimate of drug-likeness (QED) is 0.843. The van der Waals surface area contributed by atoms with Crippen LogP contribution in [0, 0.1) is 0 Å². The number of aromatic nitrogens is 2. The predicted molar refractivity (Wildman–Crippen MR) is 78.7 cm³/mol. The predicted octanol–water partition coefficient (Wildman–Crippen LogP) is 3.50. The van der Waals surface area contributed by atoms with E-state index in [1.54, 1.807) is 12.1 Å². The van der Waals surface area contributed by atoms with E-state index in [0.29, 0.717) is 18.3 Å². The molecule has 1 fully saturated rings. The summed E-state index contributed by atoms with van der Waals surface area (Å²) in [6.45, 7) is -1.35. The summed E-state index contributed by atoms with van der Waals surface area (Å²) in [5, 5.41) is 4.05. The van der Waals surface area contributed by atoms with Crippen molar-refractivity contribution in [3.8, 4) is 5.75 Å². The molecule has 1 aliphatic carbocycles. The number of rotatable bonds is 5. The van der Waals surface area contributed by atoms with Crippen molar-refractivity contribution in [1.82, 2.24) is 10.1 Å². The number of hydrogen-bond donors (Lipinski definition) is 0. The lowest BCUT2D eigenvalue weighted by molar-refractivity contribution is -0.0498. The summed E-state index contributed by atoms with van der Waals surface area (Å²) < 4.78 is 34.4. The van der Waals surface area contributed by atoms with Gasteiger partial charge >= 0.3 is 6.61 Å². The zero-order chi connectivity index (χ0) is 15.8. The topological polar surface area (TPSA) is 51.4 Å². The average molecular weight is 321 g/mol. The van der Waals surface area contributed by atoms with E-state index >= 15 is 0 Å². The summed E-state index contributed by atoms with van der Waals surface area (Å²) in [5.41, 5.74) is 2.04. The van der Waals surface area contributed by atoms with Crippen molar-refractivity contribution in [2.45, 2.75) is 44.8 Å². The number of anilines is 1. The molecule has 23 heavy (non-hydrogen) atoms. The van der Waals surface area contributed by atoms with Crippen molar-refractivity contribution < 1.29 is 18.0 Å². The molecule has 2 aliphatic rings. The standard InChI is InChI=1S/C16H17F2N3O2/c17-16(18)22-12-5-6-13-11(8-12)2-1-7-21(13)9-14-19-15(23-20-14)10-3-4-10/h5-6,8,10,16H,1-4,7,9H2. The van der Waals surface area contributed by atoms with Gasteiger partial charge in [-0.1, -0.05) is 5.16 Å². The lowest BCUT2D eigenvalue weighted by atomic mass is 10.0. The van der Waals surface area contributed by atoms with E-state index in [0.717, 1.165) is 49.4 Å². The zero-order valence-corrected chi connectivity index (χ0v) is 12.5. The first-order chi connectivity index (χ1) is 11.2. The minimum atomic E-state index is -2.80. The molecule has 1 aromatic heterocycles. The highest BCUT2D eigenvalue weighted by Gasteiger charge is 2.30. The third kappa shape index (κ3) is 3.13. The Bertz CT molecular complexity index is 700. The molecule has 2 heterocycles. The van der Waals surface area contributed by atoms with E-state index in [-0.39, 0.29) is 5.75 Å². The molecule has 0 atom stereocenters. The molecule has 5 nitrogen and oxygen atoms in total. The molecule has 0 saturated heterocycles. The maximum Gasteiger partial charge on any atom is 0.387 e. The smallest absolute Gasteiger partial charge is 0.387 e. The van der Waals surface area contributed by atoms with E-state index in [4.69, 9.17) is 4.52 Å². The molecule has 122 valence electrons. The molecule has 0 spiro atoms. The Morgan fingerprint density at radius 1 is 1.35 bits per heavy atom. The molecule has 7 heteroatoms. The lowest BCUT2D eigenvalue weighted by Gasteiger charge is -2.30. The van der Waals surface area contributed by atoms with Gasteiger partial charge in [0, 0.05) is 18.2 Å². The number of hydrogen-bond acceptors (Lipinski definition) is 5. The highest BCUT2D eigenvalue weighted by atomic mass is 19.3. The number of fused-ring (bicyclic) bond motifs is 1. The van der Waals surface area contributed by atoms with E-state index in [1.165, 1.54) is 0 Å². The zero-order valence-electron chi connectivity index (χ0n) is 12.5. The molecule has 0 N–H and O–H groups in total. The van der Waals surface area contributed by atoms with Gasteiger partial charge < -0.3 is 14.2 Å². The monoisotopic (exact) mass is 321 g/mol. The van der Waals surface area contributed by atoms with Crippen LogP contribution in [0.5, 0.6) is 5.75 Å². The molecular formula is C16H17F2N3O2. The van der Waals surface area contributed by atoms with Gasteiger partial charge in [0.1, 0.15) is 5.75 Å². The van der Waals surface area contributed by atoms with Crippen molar-refractivity contribution in [3.63, 3.8) is 0 Å². The second-order valence-corrected chi connectivity index (χ2v) is 6.02. The van der Waals surface area contributed by atoms with Crippen LogP contribution in [-0.2, 0) is 13.0 Å². The molecule has 1 aromatic carbocycles. The Labute approximate surface area is 132 Å². The summed E-state index contributed by atoms with van der Waals surface area (Å²) in [6, 6.07) is 5.10. The third-order valence-electron chi connectivity index (χ3n) is 4.23. The second kappa shape index (κ2) is 5.79. The fraction of sp³-hybridized carbons (Fsp3) is 0.500. The van der Waals surface area contributed by atoms with Gasteiger partial charge in [-0.3, -0.25) is 0 Å². The van der Waals surface area contributed by atoms with Gasteiger partial charge in [0.15, 0.2) is 5.82 Å². The summed E-state index contributed by atoms with van der Waals surface area (Å²) in [6.07, 6.45) is 4.06. The van der Waals surface area contributed by atoms with Gasteiger partial charge in [0.25, 0.3) is 0 Å². The first-order valence-corrected chi connectivity index (χ1v) is 7.84. The van der Waals surface area contributed by atoms with Crippen molar-refractivity contribution in [2.75, 3.05) is 11.4 Å². The lowest BCUT2D eigenvalue weighted by Crippen LogP contribution is -2.29. The highest BCUT2D eigenvalue weighted by Crippen LogP contribution is 2.39. The second-order valence-electron chi connectivity index (χ2n) is 6.02. The molecular weight excluding hydrogens is 304 g/mol. The Hall–Kier alpha value is -2.18. The van der Waals surface area contributed by atoms with Crippen LogP contribution in [0.2, 0.25) is 0 Å². The van der Waals surface area contributed by atoms with Gasteiger partial charge in [-0.05, 0) is 49.4 Å². The molecule has 0 unspecified atom stereocenters. The van der Waals surface area contributed by atoms with Crippen LogP contribution in [0.15, 0.2) is 22.7 Å². The Morgan fingerprint density at radius 3 is 3.00 bits per heavy atom. The third-order valence-corrected chi connectivity index (χ3v) is 4.23. The van der Waals surface area contributed by atoms with Crippen LogP contribution >= 0.6 is 0 Å². The largest absolute Gasteiger partial charge is 0.435 e. The molecule has 0 radical (unpaired) electrons. The first-order valence-electron chi connectivity index (χ1n) is 7.84. The van der Waals surface area contributed by atoms with Crippen molar-refractivity contribution in [1.29, 1.82) is 0 Å². The summed E-state index contributed by atoms with van der Waals surface area (Å²) in [4.78, 5) is 6.61. The van der Waals surface area contributed by atoms with E-state index in [2.05, 4.69) is 19.8 Å². The molecule has 2 aromatic rings. The Balaban J connectivity index is 1.52. The Morgan fingerprint density at radius 2 is 2.22 bits per heavy atom. The van der Waals surface area contributed by atoms with Crippen LogP contribution in [0.4, 0.5) is 14.5 Å². The van der Waals surface area contributed by atoms with E-state index in [1.807, 2.05) is 6.07 Å². The van der Waals surface area contributed by atoms with Crippen LogP contribution in [-0.4, -0.2) is 23.3 Å². The normalized spacial score (nSPS) is 17.4. The summed E-state index contributed by atoms with van der Waals surface area (Å²) in [5.74, 6) is 2.06. The highest BCUT2D eigenvalue weighted by molar-refractivity contribution is 5.58. The van der Waals surface area contributed by atoms with Gasteiger partial charge in [-0.15, -0.1) is 0 Å². The number of benzene rings is 1. The number of aryl methyl sites for hydroxylation is 1. The number of ether oxygens (including phenoxy) is 1. The minimum absolute atomic E-state index is 0.205. The average Bonchev–Trinajstić information content (AvgIpc) is 3.27. The van der Waals surface area contributed by atoms with Gasteiger partial charge in [0.05, 0.1) is 6.54 Å². The van der Waals surface area contributed by atoms with E-state index < -0.39 is 6.61 Å². The molecule has 1 saturated carbocycles. The fourth-order valence-corrected chi connectivity index (χ4v) is 2.99.